The Balaban J connectivity index is 1.89. The summed E-state index contributed by atoms with van der Waals surface area (Å²) in [5.41, 5.74) is 0.982. The molecule has 0 spiro atoms. The van der Waals surface area contributed by atoms with Crippen molar-refractivity contribution in [1.29, 1.82) is 0 Å². The highest BCUT2D eigenvalue weighted by molar-refractivity contribution is 5.76. The van der Waals surface area contributed by atoms with E-state index in [4.69, 9.17) is 14.6 Å². The monoisotopic (exact) mass is 321 g/mol. The molecule has 1 atom stereocenters. The number of hydrogen-bond acceptors (Lipinski definition) is 4. The molecule has 1 amide bonds. The van der Waals surface area contributed by atoms with Crippen molar-refractivity contribution in [3.8, 4) is 11.5 Å². The third kappa shape index (κ3) is 5.16. The van der Waals surface area contributed by atoms with Crippen molar-refractivity contribution >= 4 is 11.9 Å². The molecule has 0 aromatic heterocycles. The van der Waals surface area contributed by atoms with Gasteiger partial charge in [0.05, 0.1) is 6.04 Å². The van der Waals surface area contributed by atoms with Crippen molar-refractivity contribution < 1.29 is 24.2 Å². The number of unbranched alkanes of at least 4 members (excludes halogenated alkanes) is 1. The van der Waals surface area contributed by atoms with Crippen LogP contribution in [0.1, 0.15) is 50.6 Å². The van der Waals surface area contributed by atoms with Gasteiger partial charge in [-0.1, -0.05) is 13.0 Å². The molecule has 6 nitrogen and oxygen atoms in total. The summed E-state index contributed by atoms with van der Waals surface area (Å²) in [5, 5.41) is 11.6. The highest BCUT2D eigenvalue weighted by Gasteiger charge is 2.17. The number of nitrogens with one attached hydrogen (secondary N) is 1. The minimum absolute atomic E-state index is 0.0582. The molecule has 126 valence electrons. The number of carbonyl (C=O) groups is 2. The summed E-state index contributed by atoms with van der Waals surface area (Å²) in [7, 11) is 0. The summed E-state index contributed by atoms with van der Waals surface area (Å²) < 4.78 is 11.1. The number of benzene rings is 1. The zero-order valence-corrected chi connectivity index (χ0v) is 13.3. The van der Waals surface area contributed by atoms with Gasteiger partial charge in [0, 0.05) is 12.8 Å². The molecule has 2 rings (SSSR count). The summed E-state index contributed by atoms with van der Waals surface area (Å²) in [6, 6.07) is 5.63. The van der Waals surface area contributed by atoms with Crippen LogP contribution < -0.4 is 14.8 Å². The van der Waals surface area contributed by atoms with Gasteiger partial charge in [0.1, 0.15) is 13.2 Å². The third-order valence-corrected chi connectivity index (χ3v) is 3.76. The predicted molar refractivity (Wildman–Crippen MR) is 84.7 cm³/mol. The quantitative estimate of drug-likeness (QED) is 0.719. The molecule has 0 saturated heterocycles. The molecule has 1 aliphatic heterocycles. The summed E-state index contributed by atoms with van der Waals surface area (Å²) >= 11 is 0. The standard InChI is InChI=1S/C17H23NO5/c1-2-13(18-16(19)5-3-4-6-17(20)21)12-7-8-14-15(11-12)23-10-9-22-14/h7-8,11,13H,2-6,9-10H2,1H3,(H,18,19)(H,20,21). The summed E-state index contributed by atoms with van der Waals surface area (Å²) in [6.45, 7) is 3.09. The third-order valence-electron chi connectivity index (χ3n) is 3.76. The minimum atomic E-state index is -0.826. The molecule has 0 saturated carbocycles. The molecule has 0 aliphatic carbocycles. The van der Waals surface area contributed by atoms with Gasteiger partial charge in [0.15, 0.2) is 11.5 Å². The zero-order chi connectivity index (χ0) is 16.7. The van der Waals surface area contributed by atoms with E-state index in [0.29, 0.717) is 38.2 Å². The average molecular weight is 321 g/mol. The topological polar surface area (TPSA) is 84.9 Å². The number of carbonyl (C=O) groups excluding carboxylic acids is 1. The van der Waals surface area contributed by atoms with Crippen LogP contribution in [0.3, 0.4) is 0 Å². The fourth-order valence-electron chi connectivity index (χ4n) is 2.53. The van der Waals surface area contributed by atoms with Crippen molar-refractivity contribution in [3.05, 3.63) is 23.8 Å². The zero-order valence-electron chi connectivity index (χ0n) is 13.3. The molecule has 1 aromatic rings. The van der Waals surface area contributed by atoms with Gasteiger partial charge in [-0.2, -0.15) is 0 Å². The fraction of sp³-hybridized carbons (Fsp3) is 0.529. The maximum atomic E-state index is 12.0. The van der Waals surface area contributed by atoms with Gasteiger partial charge in [-0.15, -0.1) is 0 Å². The molecule has 23 heavy (non-hydrogen) atoms. The summed E-state index contributed by atoms with van der Waals surface area (Å²) in [4.78, 5) is 22.5. The Labute approximate surface area is 135 Å². The Kier molecular flexibility index (Phi) is 6.26. The maximum absolute atomic E-state index is 12.0. The molecule has 6 heteroatoms. The number of hydrogen-bond donors (Lipinski definition) is 2. The second-order valence-electron chi connectivity index (χ2n) is 5.53. The lowest BCUT2D eigenvalue weighted by Gasteiger charge is -2.22. The van der Waals surface area contributed by atoms with Gasteiger partial charge in [0.25, 0.3) is 0 Å². The van der Waals surface area contributed by atoms with Crippen molar-refractivity contribution in [3.63, 3.8) is 0 Å². The number of amides is 1. The molecular formula is C17H23NO5. The van der Waals surface area contributed by atoms with Gasteiger partial charge in [0.2, 0.25) is 5.91 Å². The van der Waals surface area contributed by atoms with E-state index in [1.165, 1.54) is 0 Å². The highest BCUT2D eigenvalue weighted by Crippen LogP contribution is 2.33. The SMILES string of the molecule is CCC(NC(=O)CCCCC(=O)O)c1ccc2c(c1)OCCO2. The van der Waals surface area contributed by atoms with Crippen LogP contribution >= 0.6 is 0 Å². The number of aliphatic carboxylic acids is 1. The smallest absolute Gasteiger partial charge is 0.303 e. The second kappa shape index (κ2) is 8.41. The number of fused-ring (bicyclic) bond motifs is 1. The largest absolute Gasteiger partial charge is 0.486 e. The number of carboxylic acids is 1. The Bertz CT molecular complexity index is 558. The summed E-state index contributed by atoms with van der Waals surface area (Å²) in [6.07, 6.45) is 2.31. The normalized spacial score (nSPS) is 14.1. The lowest BCUT2D eigenvalue weighted by atomic mass is 10.0. The molecule has 1 aromatic carbocycles. The van der Waals surface area contributed by atoms with E-state index in [0.717, 1.165) is 17.7 Å². The molecule has 2 N–H and O–H groups in total. The lowest BCUT2D eigenvalue weighted by molar-refractivity contribution is -0.137. The molecule has 1 unspecified atom stereocenters. The molecule has 0 bridgehead atoms. The minimum Gasteiger partial charge on any atom is -0.486 e. The van der Waals surface area contributed by atoms with Crippen LogP contribution in [0, 0.1) is 0 Å². The van der Waals surface area contributed by atoms with E-state index in [1.54, 1.807) is 0 Å². The molecule has 1 heterocycles. The molecule has 0 radical (unpaired) electrons. The van der Waals surface area contributed by atoms with E-state index >= 15 is 0 Å². The van der Waals surface area contributed by atoms with E-state index in [2.05, 4.69) is 5.32 Å². The maximum Gasteiger partial charge on any atom is 0.303 e. The van der Waals surface area contributed by atoms with Gasteiger partial charge >= 0.3 is 5.97 Å². The van der Waals surface area contributed by atoms with E-state index < -0.39 is 5.97 Å². The van der Waals surface area contributed by atoms with Crippen molar-refractivity contribution in [2.24, 2.45) is 0 Å². The Morgan fingerprint density at radius 2 is 1.87 bits per heavy atom. The molecule has 1 aliphatic rings. The van der Waals surface area contributed by atoms with Gasteiger partial charge in [-0.05, 0) is 37.0 Å². The Morgan fingerprint density at radius 1 is 1.17 bits per heavy atom. The van der Waals surface area contributed by atoms with Crippen LogP contribution in [0.4, 0.5) is 0 Å². The highest BCUT2D eigenvalue weighted by atomic mass is 16.6. The van der Waals surface area contributed by atoms with E-state index in [9.17, 15) is 9.59 Å². The Hall–Kier alpha value is -2.24. The number of ether oxygens (including phenoxy) is 2. The molecule has 0 fully saturated rings. The first-order chi connectivity index (χ1) is 11.1. The lowest BCUT2D eigenvalue weighted by Crippen LogP contribution is -2.28. The van der Waals surface area contributed by atoms with Crippen molar-refractivity contribution in [1.82, 2.24) is 5.32 Å². The van der Waals surface area contributed by atoms with Crippen LogP contribution in [0.25, 0.3) is 0 Å². The van der Waals surface area contributed by atoms with Gasteiger partial charge in [-0.3, -0.25) is 9.59 Å². The van der Waals surface area contributed by atoms with Crippen molar-refractivity contribution in [2.45, 2.75) is 45.1 Å². The first-order valence-corrected chi connectivity index (χ1v) is 8.01. The molecular weight excluding hydrogens is 298 g/mol. The van der Waals surface area contributed by atoms with E-state index in [-0.39, 0.29) is 18.4 Å². The first kappa shape index (κ1) is 17.1. The van der Waals surface area contributed by atoms with Crippen LogP contribution in [0.2, 0.25) is 0 Å². The van der Waals surface area contributed by atoms with Crippen LogP contribution in [0.5, 0.6) is 11.5 Å². The average Bonchev–Trinajstić information content (AvgIpc) is 2.56. The van der Waals surface area contributed by atoms with Gasteiger partial charge in [-0.25, -0.2) is 0 Å². The second-order valence-corrected chi connectivity index (χ2v) is 5.53. The Morgan fingerprint density at radius 3 is 2.57 bits per heavy atom. The van der Waals surface area contributed by atoms with E-state index in [1.807, 2.05) is 25.1 Å². The number of rotatable bonds is 8. The van der Waals surface area contributed by atoms with Gasteiger partial charge < -0.3 is 19.9 Å². The van der Waals surface area contributed by atoms with Crippen LogP contribution in [-0.4, -0.2) is 30.2 Å². The van der Waals surface area contributed by atoms with Crippen LogP contribution in [-0.2, 0) is 9.59 Å². The van der Waals surface area contributed by atoms with Crippen LogP contribution in [0.15, 0.2) is 18.2 Å². The number of carboxylic acid groups (broad SMARTS) is 1. The fourth-order valence-corrected chi connectivity index (χ4v) is 2.53. The first-order valence-electron chi connectivity index (χ1n) is 8.01. The summed E-state index contributed by atoms with van der Waals surface area (Å²) in [5.74, 6) is 0.558. The van der Waals surface area contributed by atoms with Crippen molar-refractivity contribution in [2.75, 3.05) is 13.2 Å². The predicted octanol–water partition coefficient (Wildman–Crippen LogP) is 2.67.